The van der Waals surface area contributed by atoms with Gasteiger partial charge in [-0.15, -0.1) is 11.3 Å². The minimum atomic E-state index is -0.698. The summed E-state index contributed by atoms with van der Waals surface area (Å²) in [4.78, 5) is 4.33. The number of hydrogen-bond acceptors (Lipinski definition) is 4. The van der Waals surface area contributed by atoms with Crippen molar-refractivity contribution in [1.82, 2.24) is 10.3 Å². The highest BCUT2D eigenvalue weighted by Gasteiger charge is 2.21. The predicted octanol–water partition coefficient (Wildman–Crippen LogP) is 1.35. The van der Waals surface area contributed by atoms with Crippen LogP contribution in [-0.4, -0.2) is 28.8 Å². The molecule has 0 bridgehead atoms. The van der Waals surface area contributed by atoms with Crippen LogP contribution in [0, 0.1) is 6.92 Å². The maximum absolute atomic E-state index is 10.0. The van der Waals surface area contributed by atoms with Gasteiger partial charge in [0.25, 0.3) is 0 Å². The summed E-state index contributed by atoms with van der Waals surface area (Å²) in [5.41, 5.74) is 0.284. The van der Waals surface area contributed by atoms with Gasteiger partial charge in [0.2, 0.25) is 0 Å². The lowest BCUT2D eigenvalue weighted by Crippen LogP contribution is -2.39. The van der Waals surface area contributed by atoms with Crippen molar-refractivity contribution in [3.05, 3.63) is 16.1 Å². The summed E-state index contributed by atoms with van der Waals surface area (Å²) in [5, 5.41) is 16.2. The van der Waals surface area contributed by atoms with E-state index in [-0.39, 0.29) is 0 Å². The van der Waals surface area contributed by atoms with Gasteiger partial charge in [-0.3, -0.25) is 0 Å². The molecule has 0 aliphatic heterocycles. The Kier molecular flexibility index (Phi) is 4.04. The SMILES string of the molecule is CCNCC(C)(O)Cc1csc(C)n1. The Hall–Kier alpha value is -0.450. The van der Waals surface area contributed by atoms with Crippen LogP contribution in [0.1, 0.15) is 24.5 Å². The maximum atomic E-state index is 10.0. The Morgan fingerprint density at radius 1 is 1.64 bits per heavy atom. The molecular weight excluding hydrogens is 196 g/mol. The molecule has 2 N–H and O–H groups in total. The number of rotatable bonds is 5. The Labute approximate surface area is 89.2 Å². The van der Waals surface area contributed by atoms with Crippen LogP contribution in [0.25, 0.3) is 0 Å². The molecule has 14 heavy (non-hydrogen) atoms. The topological polar surface area (TPSA) is 45.1 Å². The number of aliphatic hydroxyl groups is 1. The Morgan fingerprint density at radius 3 is 2.86 bits per heavy atom. The summed E-state index contributed by atoms with van der Waals surface area (Å²) in [6.07, 6.45) is 0.615. The van der Waals surface area contributed by atoms with Crippen molar-refractivity contribution in [1.29, 1.82) is 0 Å². The van der Waals surface area contributed by atoms with Gasteiger partial charge in [0.15, 0.2) is 0 Å². The summed E-state index contributed by atoms with van der Waals surface area (Å²) in [7, 11) is 0. The van der Waals surface area contributed by atoms with Crippen LogP contribution in [0.4, 0.5) is 0 Å². The van der Waals surface area contributed by atoms with Gasteiger partial charge in [-0.1, -0.05) is 6.92 Å². The van der Waals surface area contributed by atoms with Crippen LogP contribution in [0.2, 0.25) is 0 Å². The lowest BCUT2D eigenvalue weighted by atomic mass is 10.0. The molecule has 1 aromatic rings. The third-order valence-electron chi connectivity index (χ3n) is 1.98. The first-order valence-corrected chi connectivity index (χ1v) is 5.75. The lowest BCUT2D eigenvalue weighted by Gasteiger charge is -2.22. The first-order chi connectivity index (χ1) is 6.53. The van der Waals surface area contributed by atoms with Crippen molar-refractivity contribution in [2.45, 2.75) is 32.8 Å². The van der Waals surface area contributed by atoms with Crippen molar-refractivity contribution in [2.24, 2.45) is 0 Å². The van der Waals surface area contributed by atoms with Gasteiger partial charge in [-0.25, -0.2) is 4.98 Å². The van der Waals surface area contributed by atoms with Crippen molar-refractivity contribution < 1.29 is 5.11 Å². The summed E-state index contributed by atoms with van der Waals surface area (Å²) >= 11 is 1.63. The van der Waals surface area contributed by atoms with Crippen molar-refractivity contribution >= 4 is 11.3 Å². The second-order valence-electron chi connectivity index (χ2n) is 3.81. The van der Waals surface area contributed by atoms with Gasteiger partial charge in [-0.05, 0) is 20.4 Å². The van der Waals surface area contributed by atoms with Gasteiger partial charge in [0.05, 0.1) is 16.3 Å². The van der Waals surface area contributed by atoms with E-state index in [1.165, 1.54) is 0 Å². The van der Waals surface area contributed by atoms with Crippen LogP contribution in [0.3, 0.4) is 0 Å². The Morgan fingerprint density at radius 2 is 2.36 bits per heavy atom. The number of likely N-dealkylation sites (N-methyl/N-ethyl adjacent to an activating group) is 1. The molecule has 0 radical (unpaired) electrons. The van der Waals surface area contributed by atoms with E-state index in [2.05, 4.69) is 10.3 Å². The van der Waals surface area contributed by atoms with E-state index >= 15 is 0 Å². The number of nitrogens with zero attached hydrogens (tertiary/aromatic N) is 1. The summed E-state index contributed by atoms with van der Waals surface area (Å²) in [5.74, 6) is 0. The van der Waals surface area contributed by atoms with E-state index < -0.39 is 5.60 Å². The zero-order chi connectivity index (χ0) is 10.6. The van der Waals surface area contributed by atoms with Crippen LogP contribution in [0.15, 0.2) is 5.38 Å². The van der Waals surface area contributed by atoms with E-state index in [0.29, 0.717) is 13.0 Å². The maximum Gasteiger partial charge on any atom is 0.0897 e. The van der Waals surface area contributed by atoms with Gasteiger partial charge < -0.3 is 10.4 Å². The molecule has 1 atom stereocenters. The third-order valence-corrected chi connectivity index (χ3v) is 2.81. The fraction of sp³-hybridized carbons (Fsp3) is 0.700. The minimum absolute atomic E-state index is 0.611. The molecule has 3 nitrogen and oxygen atoms in total. The Bertz CT molecular complexity index is 283. The number of nitrogens with one attached hydrogen (secondary N) is 1. The summed E-state index contributed by atoms with van der Waals surface area (Å²) in [6, 6.07) is 0. The molecule has 4 heteroatoms. The number of hydrogen-bond donors (Lipinski definition) is 2. The molecule has 1 rings (SSSR count). The van der Waals surface area contributed by atoms with Gasteiger partial charge in [0.1, 0.15) is 0 Å². The molecule has 1 unspecified atom stereocenters. The zero-order valence-corrected chi connectivity index (χ0v) is 9.82. The highest BCUT2D eigenvalue weighted by molar-refractivity contribution is 7.09. The third kappa shape index (κ3) is 3.74. The zero-order valence-electron chi connectivity index (χ0n) is 9.00. The van der Waals surface area contributed by atoms with Crippen molar-refractivity contribution in [2.75, 3.05) is 13.1 Å². The van der Waals surface area contributed by atoms with E-state index in [9.17, 15) is 5.11 Å². The molecule has 0 aliphatic carbocycles. The van der Waals surface area contributed by atoms with Gasteiger partial charge >= 0.3 is 0 Å². The molecule has 1 heterocycles. The van der Waals surface area contributed by atoms with Crippen molar-refractivity contribution in [3.8, 4) is 0 Å². The number of thiazole rings is 1. The van der Waals surface area contributed by atoms with E-state index in [0.717, 1.165) is 17.2 Å². The largest absolute Gasteiger partial charge is 0.388 e. The first-order valence-electron chi connectivity index (χ1n) is 4.87. The second kappa shape index (κ2) is 4.87. The second-order valence-corrected chi connectivity index (χ2v) is 4.87. The molecule has 0 aromatic carbocycles. The molecular formula is C10H18N2OS. The van der Waals surface area contributed by atoms with Crippen LogP contribution in [0.5, 0.6) is 0 Å². The van der Waals surface area contributed by atoms with E-state index in [4.69, 9.17) is 0 Å². The molecule has 0 spiro atoms. The highest BCUT2D eigenvalue weighted by atomic mass is 32.1. The predicted molar refractivity (Wildman–Crippen MR) is 59.7 cm³/mol. The molecule has 0 saturated heterocycles. The highest BCUT2D eigenvalue weighted by Crippen LogP contribution is 2.15. The Balaban J connectivity index is 2.49. The molecule has 0 saturated carbocycles. The fourth-order valence-electron chi connectivity index (χ4n) is 1.34. The summed E-state index contributed by atoms with van der Waals surface area (Å²) < 4.78 is 0. The quantitative estimate of drug-likeness (QED) is 0.778. The number of aromatic nitrogens is 1. The summed E-state index contributed by atoms with van der Waals surface area (Å²) in [6.45, 7) is 7.34. The molecule has 1 aromatic heterocycles. The normalized spacial score (nSPS) is 15.4. The van der Waals surface area contributed by atoms with Gasteiger partial charge in [0, 0.05) is 18.3 Å². The average molecular weight is 214 g/mol. The van der Waals surface area contributed by atoms with Crippen LogP contribution in [-0.2, 0) is 6.42 Å². The number of aryl methyl sites for hydroxylation is 1. The standard InChI is InChI=1S/C10H18N2OS/c1-4-11-7-10(3,13)5-9-6-14-8(2)12-9/h6,11,13H,4-5,7H2,1-3H3. The molecule has 0 fully saturated rings. The lowest BCUT2D eigenvalue weighted by molar-refractivity contribution is 0.0599. The average Bonchev–Trinajstić information content (AvgIpc) is 2.47. The molecule has 80 valence electrons. The first kappa shape index (κ1) is 11.6. The monoisotopic (exact) mass is 214 g/mol. The minimum Gasteiger partial charge on any atom is -0.388 e. The molecule has 0 aliphatic rings. The van der Waals surface area contributed by atoms with E-state index in [1.54, 1.807) is 11.3 Å². The van der Waals surface area contributed by atoms with Gasteiger partial charge in [-0.2, -0.15) is 0 Å². The molecule has 0 amide bonds. The van der Waals surface area contributed by atoms with Crippen LogP contribution >= 0.6 is 11.3 Å². The van der Waals surface area contributed by atoms with E-state index in [1.807, 2.05) is 26.2 Å². The smallest absolute Gasteiger partial charge is 0.0897 e. The fourth-order valence-corrected chi connectivity index (χ4v) is 1.95. The van der Waals surface area contributed by atoms with Crippen LogP contribution < -0.4 is 5.32 Å². The van der Waals surface area contributed by atoms with Crippen molar-refractivity contribution in [3.63, 3.8) is 0 Å².